The molecule has 0 aromatic heterocycles. The van der Waals surface area contributed by atoms with Crippen molar-refractivity contribution in [2.45, 2.75) is 29.5 Å². The first kappa shape index (κ1) is 16.8. The number of halogens is 1. The van der Waals surface area contributed by atoms with Crippen LogP contribution in [0.25, 0.3) is 0 Å². The van der Waals surface area contributed by atoms with Crippen LogP contribution in [0.3, 0.4) is 0 Å². The molecule has 1 aromatic carbocycles. The Morgan fingerprint density at radius 2 is 2.09 bits per heavy atom. The molecule has 0 bridgehead atoms. The largest absolute Gasteiger partial charge is 0.380 e. The van der Waals surface area contributed by atoms with Crippen LogP contribution < -0.4 is 0 Å². The summed E-state index contributed by atoms with van der Waals surface area (Å²) in [5, 5.41) is -0.883. The molecule has 128 valence electrons. The summed E-state index contributed by atoms with van der Waals surface area (Å²) < 4.78 is 70.7. The molecule has 1 aromatic rings. The Hall–Kier alpha value is -1.03. The highest BCUT2D eigenvalue weighted by Gasteiger charge is 2.48. The number of sulfone groups is 1. The second kappa shape index (κ2) is 5.80. The lowest BCUT2D eigenvalue weighted by Gasteiger charge is -2.42. The van der Waals surface area contributed by atoms with Crippen molar-refractivity contribution in [2.75, 3.05) is 25.5 Å². The molecule has 0 spiro atoms. The number of sulfonamides is 1. The second-order valence-corrected chi connectivity index (χ2v) is 10.0. The molecule has 23 heavy (non-hydrogen) atoms. The van der Waals surface area contributed by atoms with Gasteiger partial charge in [0.1, 0.15) is 16.0 Å². The van der Waals surface area contributed by atoms with Crippen molar-refractivity contribution < 1.29 is 26.0 Å². The van der Waals surface area contributed by atoms with Gasteiger partial charge in [-0.3, -0.25) is 0 Å². The predicted molar refractivity (Wildman–Crippen MR) is 81.8 cm³/mol. The third-order valence-electron chi connectivity index (χ3n) is 4.43. The van der Waals surface area contributed by atoms with Crippen LogP contribution in [0.1, 0.15) is 12.0 Å². The molecule has 3 rings (SSSR count). The average Bonchev–Trinajstić information content (AvgIpc) is 2.46. The van der Waals surface area contributed by atoms with Gasteiger partial charge in [-0.05, 0) is 25.0 Å². The van der Waals surface area contributed by atoms with Crippen LogP contribution in [0.15, 0.2) is 23.1 Å². The van der Waals surface area contributed by atoms with Gasteiger partial charge >= 0.3 is 0 Å². The standard InChI is InChI=1S/C14H18FNO5S2/c1-10-3-2-4-11(15)14(10)23(19,20)16-6-8-22(17,18)13-9-21-7-5-12(13)16/h2-4,12-13H,5-9H2,1H3. The van der Waals surface area contributed by atoms with E-state index in [2.05, 4.69) is 0 Å². The van der Waals surface area contributed by atoms with Crippen LogP contribution in [0.5, 0.6) is 0 Å². The van der Waals surface area contributed by atoms with Crippen LogP contribution >= 0.6 is 0 Å². The second-order valence-electron chi connectivity index (χ2n) is 5.84. The summed E-state index contributed by atoms with van der Waals surface area (Å²) in [6, 6.07) is 3.37. The molecule has 2 unspecified atom stereocenters. The zero-order valence-corrected chi connectivity index (χ0v) is 14.2. The van der Waals surface area contributed by atoms with Gasteiger partial charge in [-0.2, -0.15) is 4.31 Å². The van der Waals surface area contributed by atoms with Gasteiger partial charge in [-0.15, -0.1) is 0 Å². The maximum absolute atomic E-state index is 14.1. The number of nitrogens with zero attached hydrogens (tertiary/aromatic N) is 1. The molecular formula is C14H18FNO5S2. The lowest BCUT2D eigenvalue weighted by atomic mass is 10.1. The van der Waals surface area contributed by atoms with Gasteiger partial charge in [0, 0.05) is 19.2 Å². The number of ether oxygens (including phenoxy) is 1. The van der Waals surface area contributed by atoms with Crippen LogP contribution in [0.4, 0.5) is 4.39 Å². The maximum atomic E-state index is 14.1. The van der Waals surface area contributed by atoms with Gasteiger partial charge in [-0.25, -0.2) is 21.2 Å². The minimum atomic E-state index is -4.11. The summed E-state index contributed by atoms with van der Waals surface area (Å²) in [7, 11) is -7.51. The van der Waals surface area contributed by atoms with Crippen molar-refractivity contribution in [3.8, 4) is 0 Å². The van der Waals surface area contributed by atoms with Gasteiger partial charge in [-0.1, -0.05) is 12.1 Å². The van der Waals surface area contributed by atoms with E-state index < -0.39 is 37.0 Å². The summed E-state index contributed by atoms with van der Waals surface area (Å²) in [6.45, 7) is 1.64. The highest BCUT2D eigenvalue weighted by Crippen LogP contribution is 2.32. The molecule has 2 atom stereocenters. The minimum absolute atomic E-state index is 0.0186. The van der Waals surface area contributed by atoms with Gasteiger partial charge in [0.2, 0.25) is 10.0 Å². The molecule has 2 saturated heterocycles. The van der Waals surface area contributed by atoms with E-state index in [1.165, 1.54) is 19.1 Å². The van der Waals surface area contributed by atoms with Crippen molar-refractivity contribution >= 4 is 19.9 Å². The van der Waals surface area contributed by atoms with Crippen molar-refractivity contribution in [2.24, 2.45) is 0 Å². The van der Waals surface area contributed by atoms with Gasteiger partial charge in [0.05, 0.1) is 12.4 Å². The molecule has 0 amide bonds. The number of rotatable bonds is 2. The first-order chi connectivity index (χ1) is 10.7. The fraction of sp³-hybridized carbons (Fsp3) is 0.571. The summed E-state index contributed by atoms with van der Waals surface area (Å²) in [5.41, 5.74) is 0.307. The van der Waals surface area contributed by atoms with Crippen molar-refractivity contribution in [3.05, 3.63) is 29.6 Å². The smallest absolute Gasteiger partial charge is 0.246 e. The van der Waals surface area contributed by atoms with E-state index in [1.54, 1.807) is 0 Å². The molecule has 0 radical (unpaired) electrons. The number of aryl methyl sites for hydroxylation is 1. The summed E-state index contributed by atoms with van der Waals surface area (Å²) in [6.07, 6.45) is 0.288. The monoisotopic (exact) mass is 363 g/mol. The quantitative estimate of drug-likeness (QED) is 0.773. The zero-order valence-electron chi connectivity index (χ0n) is 12.6. The summed E-state index contributed by atoms with van der Waals surface area (Å²) in [4.78, 5) is -0.371. The fourth-order valence-electron chi connectivity index (χ4n) is 3.27. The van der Waals surface area contributed by atoms with Crippen molar-refractivity contribution in [3.63, 3.8) is 0 Å². The first-order valence-electron chi connectivity index (χ1n) is 7.31. The van der Waals surface area contributed by atoms with E-state index >= 15 is 0 Å². The van der Waals surface area contributed by atoms with E-state index in [9.17, 15) is 21.2 Å². The van der Waals surface area contributed by atoms with E-state index in [0.717, 1.165) is 10.4 Å². The Labute approximate surface area is 135 Å². The molecule has 2 heterocycles. The Kier molecular flexibility index (Phi) is 4.24. The average molecular weight is 363 g/mol. The van der Waals surface area contributed by atoms with E-state index in [-0.39, 0.29) is 30.2 Å². The molecule has 0 saturated carbocycles. The molecule has 9 heteroatoms. The maximum Gasteiger partial charge on any atom is 0.246 e. The van der Waals surface area contributed by atoms with E-state index in [0.29, 0.717) is 12.2 Å². The number of fused-ring (bicyclic) bond motifs is 1. The summed E-state index contributed by atoms with van der Waals surface area (Å²) in [5.74, 6) is -1.09. The fourth-order valence-corrected chi connectivity index (χ4v) is 7.24. The lowest BCUT2D eigenvalue weighted by Crippen LogP contribution is -2.60. The Morgan fingerprint density at radius 3 is 2.78 bits per heavy atom. The van der Waals surface area contributed by atoms with E-state index in [4.69, 9.17) is 4.74 Å². The van der Waals surface area contributed by atoms with Gasteiger partial charge in [0.15, 0.2) is 9.84 Å². The van der Waals surface area contributed by atoms with Crippen LogP contribution in [-0.2, 0) is 24.6 Å². The van der Waals surface area contributed by atoms with Crippen LogP contribution in [0, 0.1) is 12.7 Å². The van der Waals surface area contributed by atoms with Gasteiger partial charge in [0.25, 0.3) is 0 Å². The summed E-state index contributed by atoms with van der Waals surface area (Å²) >= 11 is 0. The Balaban J connectivity index is 2.07. The highest BCUT2D eigenvalue weighted by atomic mass is 32.2. The molecule has 2 aliphatic rings. The topological polar surface area (TPSA) is 80.8 Å². The van der Waals surface area contributed by atoms with Crippen molar-refractivity contribution in [1.29, 1.82) is 0 Å². The molecule has 0 N–H and O–H groups in total. The predicted octanol–water partition coefficient (Wildman–Crippen LogP) is 0.711. The Morgan fingerprint density at radius 1 is 1.35 bits per heavy atom. The third-order valence-corrected chi connectivity index (χ3v) is 8.66. The number of hydrogen-bond donors (Lipinski definition) is 0. The van der Waals surface area contributed by atoms with Crippen molar-refractivity contribution in [1.82, 2.24) is 4.31 Å². The normalized spacial score (nSPS) is 28.3. The van der Waals surface area contributed by atoms with Crippen LogP contribution in [0.2, 0.25) is 0 Å². The number of hydrogen-bond acceptors (Lipinski definition) is 5. The molecule has 6 nitrogen and oxygen atoms in total. The highest BCUT2D eigenvalue weighted by molar-refractivity contribution is 7.92. The SMILES string of the molecule is Cc1cccc(F)c1S(=O)(=O)N1CCS(=O)(=O)C2COCCC21. The molecule has 0 aliphatic carbocycles. The molecular weight excluding hydrogens is 345 g/mol. The molecule has 2 aliphatic heterocycles. The Bertz CT molecular complexity index is 801. The third kappa shape index (κ3) is 2.79. The minimum Gasteiger partial charge on any atom is -0.380 e. The zero-order chi connectivity index (χ0) is 16.8. The van der Waals surface area contributed by atoms with E-state index in [1.807, 2.05) is 0 Å². The first-order valence-corrected chi connectivity index (χ1v) is 10.5. The number of benzene rings is 1. The van der Waals surface area contributed by atoms with Crippen LogP contribution in [-0.4, -0.2) is 57.9 Å². The molecule has 2 fully saturated rings. The van der Waals surface area contributed by atoms with Gasteiger partial charge < -0.3 is 4.74 Å². The lowest BCUT2D eigenvalue weighted by molar-refractivity contribution is 0.0589.